The van der Waals surface area contributed by atoms with Crippen LogP contribution in [-0.2, 0) is 12.8 Å². The topological polar surface area (TPSA) is 61.6 Å². The Balaban J connectivity index is 2.47. The first kappa shape index (κ1) is 14.9. The van der Waals surface area contributed by atoms with Crippen molar-refractivity contribution in [3.63, 3.8) is 0 Å². The summed E-state index contributed by atoms with van der Waals surface area (Å²) in [6.45, 7) is 5.77. The molecule has 0 aliphatic carbocycles. The highest BCUT2D eigenvalue weighted by Crippen LogP contribution is 2.24. The van der Waals surface area contributed by atoms with Crippen molar-refractivity contribution in [2.24, 2.45) is 0 Å². The van der Waals surface area contributed by atoms with Gasteiger partial charge >= 0.3 is 0 Å². The van der Waals surface area contributed by atoms with E-state index in [1.54, 1.807) is 6.07 Å². The third-order valence-corrected chi connectivity index (χ3v) is 3.26. The maximum atomic E-state index is 13.4. The number of nitriles is 1. The molecule has 21 heavy (non-hydrogen) atoms. The molecule has 0 aliphatic rings. The highest BCUT2D eigenvalue weighted by molar-refractivity contribution is 5.65. The van der Waals surface area contributed by atoms with Gasteiger partial charge in [-0.3, -0.25) is 0 Å². The van der Waals surface area contributed by atoms with Crippen molar-refractivity contribution < 1.29 is 4.39 Å². The summed E-state index contributed by atoms with van der Waals surface area (Å²) < 4.78 is 13.4. The van der Waals surface area contributed by atoms with Crippen LogP contribution in [0.25, 0.3) is 0 Å². The Hall–Kier alpha value is -2.48. The fourth-order valence-electron chi connectivity index (χ4n) is 2.33. The highest BCUT2D eigenvalue weighted by atomic mass is 19.1. The molecule has 0 bridgehead atoms. The Bertz CT molecular complexity index is 684. The molecule has 2 aromatic rings. The molecule has 4 nitrogen and oxygen atoms in total. The Labute approximate surface area is 123 Å². The molecule has 1 heterocycles. The van der Waals surface area contributed by atoms with Crippen LogP contribution < -0.4 is 5.32 Å². The molecule has 1 N–H and O–H groups in total. The first-order chi connectivity index (χ1) is 10.1. The van der Waals surface area contributed by atoms with Crippen molar-refractivity contribution in [3.8, 4) is 6.07 Å². The molecule has 0 amide bonds. The van der Waals surface area contributed by atoms with Crippen LogP contribution >= 0.6 is 0 Å². The molecule has 0 unspecified atom stereocenters. The zero-order valence-electron chi connectivity index (χ0n) is 12.4. The molecule has 0 spiro atoms. The van der Waals surface area contributed by atoms with E-state index < -0.39 is 0 Å². The minimum absolute atomic E-state index is 0.329. The number of benzene rings is 1. The zero-order valence-corrected chi connectivity index (χ0v) is 12.4. The van der Waals surface area contributed by atoms with Crippen LogP contribution in [0, 0.1) is 24.1 Å². The number of aromatic nitrogens is 2. The van der Waals surface area contributed by atoms with Crippen molar-refractivity contribution in [3.05, 3.63) is 46.4 Å². The minimum atomic E-state index is -0.329. The number of hydrogen-bond acceptors (Lipinski definition) is 4. The molecule has 0 atom stereocenters. The van der Waals surface area contributed by atoms with Crippen molar-refractivity contribution in [1.29, 1.82) is 5.26 Å². The van der Waals surface area contributed by atoms with Gasteiger partial charge in [-0.2, -0.15) is 10.4 Å². The van der Waals surface area contributed by atoms with Gasteiger partial charge in [0.05, 0.1) is 5.69 Å². The van der Waals surface area contributed by atoms with Gasteiger partial charge in [-0.15, -0.1) is 5.10 Å². The summed E-state index contributed by atoms with van der Waals surface area (Å²) in [7, 11) is 0. The summed E-state index contributed by atoms with van der Waals surface area (Å²) in [6, 6.07) is 6.79. The molecule has 0 aliphatic heterocycles. The number of nitrogens with one attached hydrogen (secondary N) is 1. The van der Waals surface area contributed by atoms with E-state index in [2.05, 4.69) is 21.6 Å². The van der Waals surface area contributed by atoms with Crippen LogP contribution in [-0.4, -0.2) is 10.2 Å². The standard InChI is InChI=1S/C16H17FN4/c1-4-13-14(9-18)16(21-20-15(13)5-2)19-12-7-10(3)6-11(17)8-12/h6-8H,4-5H2,1-3H3,(H,19,21). The average molecular weight is 284 g/mol. The summed E-state index contributed by atoms with van der Waals surface area (Å²) in [4.78, 5) is 0. The van der Waals surface area contributed by atoms with Crippen LogP contribution in [0.3, 0.4) is 0 Å². The van der Waals surface area contributed by atoms with Crippen molar-refractivity contribution in [1.82, 2.24) is 10.2 Å². The number of anilines is 2. The van der Waals surface area contributed by atoms with E-state index >= 15 is 0 Å². The van der Waals surface area contributed by atoms with E-state index in [9.17, 15) is 9.65 Å². The predicted octanol–water partition coefficient (Wildman–Crippen LogP) is 3.66. The fraction of sp³-hybridized carbons (Fsp3) is 0.312. The summed E-state index contributed by atoms with van der Waals surface area (Å²) >= 11 is 0. The van der Waals surface area contributed by atoms with Crippen LogP contribution in [0.4, 0.5) is 15.9 Å². The number of rotatable bonds is 4. The number of hydrogen-bond donors (Lipinski definition) is 1. The zero-order chi connectivity index (χ0) is 15.4. The predicted molar refractivity (Wildman–Crippen MR) is 79.9 cm³/mol. The first-order valence-corrected chi connectivity index (χ1v) is 6.91. The summed E-state index contributed by atoms with van der Waals surface area (Å²) in [6.07, 6.45) is 1.43. The molecule has 0 saturated carbocycles. The molecule has 1 aromatic carbocycles. The number of aryl methyl sites for hydroxylation is 2. The molecule has 108 valence electrons. The third kappa shape index (κ3) is 3.16. The summed E-state index contributed by atoms with van der Waals surface area (Å²) in [5, 5.41) is 20.6. The van der Waals surface area contributed by atoms with E-state index in [-0.39, 0.29) is 5.82 Å². The van der Waals surface area contributed by atoms with E-state index in [4.69, 9.17) is 0 Å². The second-order valence-corrected chi connectivity index (χ2v) is 4.81. The minimum Gasteiger partial charge on any atom is -0.338 e. The SMILES string of the molecule is CCc1nnc(Nc2cc(C)cc(F)c2)c(C#N)c1CC. The van der Waals surface area contributed by atoms with E-state index in [1.807, 2.05) is 20.8 Å². The lowest BCUT2D eigenvalue weighted by Gasteiger charge is -2.12. The Morgan fingerprint density at radius 3 is 2.52 bits per heavy atom. The normalized spacial score (nSPS) is 10.2. The van der Waals surface area contributed by atoms with Crippen LogP contribution in [0.15, 0.2) is 18.2 Å². The molecular formula is C16H17FN4. The lowest BCUT2D eigenvalue weighted by molar-refractivity contribution is 0.627. The Morgan fingerprint density at radius 2 is 1.95 bits per heavy atom. The number of halogens is 1. The monoisotopic (exact) mass is 284 g/mol. The Morgan fingerprint density at radius 1 is 1.19 bits per heavy atom. The van der Waals surface area contributed by atoms with Crippen molar-refractivity contribution >= 4 is 11.5 Å². The van der Waals surface area contributed by atoms with Gasteiger partial charge in [-0.1, -0.05) is 13.8 Å². The van der Waals surface area contributed by atoms with Gasteiger partial charge in [0.1, 0.15) is 17.4 Å². The Kier molecular flexibility index (Phi) is 4.49. The van der Waals surface area contributed by atoms with Gasteiger partial charge < -0.3 is 5.32 Å². The summed E-state index contributed by atoms with van der Waals surface area (Å²) in [5.41, 5.74) is 3.56. The fourth-order valence-corrected chi connectivity index (χ4v) is 2.33. The summed E-state index contributed by atoms with van der Waals surface area (Å²) in [5.74, 6) is 0.0430. The van der Waals surface area contributed by atoms with Gasteiger partial charge in [0.2, 0.25) is 0 Å². The smallest absolute Gasteiger partial charge is 0.171 e. The molecule has 0 fully saturated rings. The van der Waals surface area contributed by atoms with Crippen LogP contribution in [0.1, 0.15) is 36.2 Å². The third-order valence-electron chi connectivity index (χ3n) is 3.26. The van der Waals surface area contributed by atoms with E-state index in [0.717, 1.165) is 23.2 Å². The van der Waals surface area contributed by atoms with Gasteiger partial charge in [-0.25, -0.2) is 4.39 Å². The number of nitrogens with zero attached hydrogens (tertiary/aromatic N) is 3. The van der Waals surface area contributed by atoms with E-state index in [1.165, 1.54) is 12.1 Å². The second kappa shape index (κ2) is 6.31. The maximum absolute atomic E-state index is 13.4. The molecule has 5 heteroatoms. The molecule has 0 radical (unpaired) electrons. The van der Waals surface area contributed by atoms with Crippen LogP contribution in [0.5, 0.6) is 0 Å². The second-order valence-electron chi connectivity index (χ2n) is 4.81. The molecule has 1 aromatic heterocycles. The lowest BCUT2D eigenvalue weighted by atomic mass is 10.0. The molecular weight excluding hydrogens is 267 g/mol. The van der Waals surface area contributed by atoms with Crippen LogP contribution in [0.2, 0.25) is 0 Å². The van der Waals surface area contributed by atoms with Gasteiger partial charge in [0.15, 0.2) is 5.82 Å². The average Bonchev–Trinajstić information content (AvgIpc) is 2.45. The lowest BCUT2D eigenvalue weighted by Crippen LogP contribution is -2.07. The maximum Gasteiger partial charge on any atom is 0.171 e. The largest absolute Gasteiger partial charge is 0.338 e. The van der Waals surface area contributed by atoms with Crippen molar-refractivity contribution in [2.75, 3.05) is 5.32 Å². The molecule has 0 saturated heterocycles. The van der Waals surface area contributed by atoms with Gasteiger partial charge in [0, 0.05) is 5.69 Å². The van der Waals surface area contributed by atoms with E-state index in [0.29, 0.717) is 23.5 Å². The van der Waals surface area contributed by atoms with Crippen molar-refractivity contribution in [2.45, 2.75) is 33.6 Å². The first-order valence-electron chi connectivity index (χ1n) is 6.91. The van der Waals surface area contributed by atoms with Gasteiger partial charge in [-0.05, 0) is 49.1 Å². The van der Waals surface area contributed by atoms with Gasteiger partial charge in [0.25, 0.3) is 0 Å². The molecule has 2 rings (SSSR count). The quantitative estimate of drug-likeness (QED) is 0.930. The highest BCUT2D eigenvalue weighted by Gasteiger charge is 2.14.